The highest BCUT2D eigenvalue weighted by atomic mass is 16.2. The lowest BCUT2D eigenvalue weighted by Crippen LogP contribution is -2.44. The van der Waals surface area contributed by atoms with E-state index in [0.29, 0.717) is 0 Å². The second-order valence-electron chi connectivity index (χ2n) is 3.88. The summed E-state index contributed by atoms with van der Waals surface area (Å²) in [6.07, 6.45) is 1.62. The molecule has 0 bridgehead atoms. The maximum absolute atomic E-state index is 11.3. The molecule has 2 N–H and O–H groups in total. The van der Waals surface area contributed by atoms with E-state index in [9.17, 15) is 9.59 Å². The van der Waals surface area contributed by atoms with Crippen LogP contribution in [0.3, 0.4) is 0 Å². The van der Waals surface area contributed by atoms with Crippen molar-refractivity contribution in [3.05, 3.63) is 0 Å². The van der Waals surface area contributed by atoms with E-state index in [4.69, 9.17) is 0 Å². The largest absolute Gasteiger partial charge is 0.383 e. The maximum atomic E-state index is 11.3. The summed E-state index contributed by atoms with van der Waals surface area (Å²) in [6.45, 7) is 7.65. The van der Waals surface area contributed by atoms with Crippen molar-refractivity contribution in [1.82, 2.24) is 10.5 Å². The van der Waals surface area contributed by atoms with Gasteiger partial charge in [-0.25, -0.2) is 0 Å². The molecule has 0 heterocycles. The Morgan fingerprint density at radius 2 is 1.33 bits per heavy atom. The zero-order chi connectivity index (χ0) is 11.8. The molecule has 0 aliphatic rings. The number of amides is 2. The van der Waals surface area contributed by atoms with E-state index in [1.54, 1.807) is 0 Å². The fourth-order valence-electron chi connectivity index (χ4n) is 0.938. The molecule has 0 aromatic carbocycles. The molecule has 0 fully saturated rings. The molecule has 0 aromatic rings. The van der Waals surface area contributed by atoms with Crippen LogP contribution in [0.2, 0.25) is 0 Å². The van der Waals surface area contributed by atoms with Gasteiger partial charge in [0.05, 0.1) is 0 Å². The smallest absolute Gasteiger partial charge is 0.355 e. The SMILES string of the molecule is CCC(C)C(=O)NBNC(=O)C(C)CC. The maximum Gasteiger partial charge on any atom is 0.355 e. The van der Waals surface area contributed by atoms with Crippen LogP contribution in [0.15, 0.2) is 0 Å². The fourth-order valence-corrected chi connectivity index (χ4v) is 0.938. The lowest BCUT2D eigenvalue weighted by Gasteiger charge is -2.11. The van der Waals surface area contributed by atoms with Crippen LogP contribution in [0.1, 0.15) is 40.5 Å². The van der Waals surface area contributed by atoms with E-state index in [1.807, 2.05) is 27.7 Å². The summed E-state index contributed by atoms with van der Waals surface area (Å²) in [7, 11) is 0.229. The molecule has 0 radical (unpaired) electrons. The Morgan fingerprint density at radius 1 is 1.00 bits per heavy atom. The second kappa shape index (κ2) is 7.32. The van der Waals surface area contributed by atoms with Crippen molar-refractivity contribution in [3.8, 4) is 0 Å². The summed E-state index contributed by atoms with van der Waals surface area (Å²) in [5, 5.41) is 5.34. The van der Waals surface area contributed by atoms with Gasteiger partial charge in [0.2, 0.25) is 11.8 Å². The van der Waals surface area contributed by atoms with Crippen molar-refractivity contribution in [1.29, 1.82) is 0 Å². The van der Waals surface area contributed by atoms with Gasteiger partial charge < -0.3 is 10.5 Å². The minimum atomic E-state index is -0.0121. The molecule has 0 saturated heterocycles. The lowest BCUT2D eigenvalue weighted by atomic mass is 10.0. The summed E-state index contributed by atoms with van der Waals surface area (Å²) >= 11 is 0. The molecular formula is C10H21BN2O2. The molecule has 0 rings (SSSR count). The van der Waals surface area contributed by atoms with Gasteiger partial charge in [0, 0.05) is 11.8 Å². The first kappa shape index (κ1) is 14.0. The highest BCUT2D eigenvalue weighted by molar-refractivity contribution is 6.38. The van der Waals surface area contributed by atoms with Crippen LogP contribution in [-0.2, 0) is 9.59 Å². The van der Waals surface area contributed by atoms with Crippen molar-refractivity contribution >= 4 is 19.4 Å². The van der Waals surface area contributed by atoms with Gasteiger partial charge in [0.1, 0.15) is 0 Å². The number of carbonyl (C=O) groups excluding carboxylic acids is 2. The third-order valence-electron chi connectivity index (χ3n) is 2.65. The minimum absolute atomic E-state index is 0.00509. The van der Waals surface area contributed by atoms with Crippen LogP contribution >= 0.6 is 0 Å². The average Bonchev–Trinajstić information content (AvgIpc) is 2.26. The van der Waals surface area contributed by atoms with Gasteiger partial charge in [0.15, 0.2) is 0 Å². The van der Waals surface area contributed by atoms with Crippen LogP contribution < -0.4 is 10.5 Å². The van der Waals surface area contributed by atoms with Crippen molar-refractivity contribution in [2.75, 3.05) is 0 Å². The number of carbonyl (C=O) groups is 2. The highest BCUT2D eigenvalue weighted by Crippen LogP contribution is 1.99. The van der Waals surface area contributed by atoms with Crippen LogP contribution in [-0.4, -0.2) is 19.4 Å². The van der Waals surface area contributed by atoms with E-state index >= 15 is 0 Å². The van der Waals surface area contributed by atoms with Gasteiger partial charge in [-0.05, 0) is 12.8 Å². The normalized spacial score (nSPS) is 13.9. The molecule has 2 atom stereocenters. The van der Waals surface area contributed by atoms with Crippen molar-refractivity contribution < 1.29 is 9.59 Å². The van der Waals surface area contributed by atoms with E-state index in [-0.39, 0.29) is 31.2 Å². The Hall–Kier alpha value is -0.995. The Morgan fingerprint density at radius 3 is 1.60 bits per heavy atom. The molecule has 2 amide bonds. The number of hydrogen-bond acceptors (Lipinski definition) is 2. The Balaban J connectivity index is 3.70. The summed E-state index contributed by atoms with van der Waals surface area (Å²) < 4.78 is 0. The third kappa shape index (κ3) is 5.45. The first-order valence-corrected chi connectivity index (χ1v) is 5.58. The number of rotatable bonds is 6. The molecule has 0 spiro atoms. The van der Waals surface area contributed by atoms with Crippen LogP contribution in [0.5, 0.6) is 0 Å². The molecular weight excluding hydrogens is 191 g/mol. The van der Waals surface area contributed by atoms with E-state index in [2.05, 4.69) is 10.5 Å². The quantitative estimate of drug-likeness (QED) is 0.632. The lowest BCUT2D eigenvalue weighted by molar-refractivity contribution is -0.123. The van der Waals surface area contributed by atoms with E-state index in [0.717, 1.165) is 12.8 Å². The summed E-state index contributed by atoms with van der Waals surface area (Å²) in [6, 6.07) is 0. The van der Waals surface area contributed by atoms with E-state index < -0.39 is 0 Å². The van der Waals surface area contributed by atoms with Gasteiger partial charge in [-0.15, -0.1) is 0 Å². The molecule has 4 nitrogen and oxygen atoms in total. The molecule has 0 saturated carbocycles. The predicted molar refractivity (Wildman–Crippen MR) is 62.3 cm³/mol. The topological polar surface area (TPSA) is 58.2 Å². The van der Waals surface area contributed by atoms with Gasteiger partial charge >= 0.3 is 7.55 Å². The van der Waals surface area contributed by atoms with Crippen LogP contribution in [0.4, 0.5) is 0 Å². The predicted octanol–water partition coefficient (Wildman–Crippen LogP) is 0.577. The monoisotopic (exact) mass is 212 g/mol. The number of hydrogen-bond donors (Lipinski definition) is 2. The average molecular weight is 212 g/mol. The first-order chi connectivity index (χ1) is 7.02. The Bertz CT molecular complexity index is 199. The summed E-state index contributed by atoms with van der Waals surface area (Å²) in [4.78, 5) is 22.7. The van der Waals surface area contributed by atoms with Crippen LogP contribution in [0, 0.1) is 11.8 Å². The Labute approximate surface area is 92.5 Å². The molecule has 86 valence electrons. The molecule has 0 aromatic heterocycles. The summed E-state index contributed by atoms with van der Waals surface area (Å²) in [5.41, 5.74) is 0. The van der Waals surface area contributed by atoms with Crippen molar-refractivity contribution in [2.24, 2.45) is 11.8 Å². The van der Waals surface area contributed by atoms with Crippen LogP contribution in [0.25, 0.3) is 0 Å². The minimum Gasteiger partial charge on any atom is -0.383 e. The number of nitrogens with one attached hydrogen (secondary N) is 2. The van der Waals surface area contributed by atoms with E-state index in [1.165, 1.54) is 0 Å². The molecule has 2 unspecified atom stereocenters. The molecule has 0 aliphatic carbocycles. The standard InChI is InChI=1S/C10H21BN2O2/c1-5-7(3)9(14)12-11-13-10(15)8(4)6-2/h7-8,11H,5-6H2,1-4H3,(H,12,14)(H,13,15). The Kier molecular flexibility index (Phi) is 6.83. The van der Waals surface area contributed by atoms with Gasteiger partial charge in [0.25, 0.3) is 0 Å². The second-order valence-corrected chi connectivity index (χ2v) is 3.88. The van der Waals surface area contributed by atoms with Gasteiger partial charge in [-0.2, -0.15) is 0 Å². The first-order valence-electron chi connectivity index (χ1n) is 5.58. The van der Waals surface area contributed by atoms with Crippen molar-refractivity contribution in [2.45, 2.75) is 40.5 Å². The zero-order valence-corrected chi connectivity index (χ0v) is 10.1. The zero-order valence-electron chi connectivity index (χ0n) is 10.1. The highest BCUT2D eigenvalue weighted by Gasteiger charge is 2.13. The van der Waals surface area contributed by atoms with Gasteiger partial charge in [-0.1, -0.05) is 27.7 Å². The van der Waals surface area contributed by atoms with Gasteiger partial charge in [-0.3, -0.25) is 9.59 Å². The summed E-state index contributed by atoms with van der Waals surface area (Å²) in [5.74, 6) is -0.0140. The fraction of sp³-hybridized carbons (Fsp3) is 0.800. The molecule has 5 heteroatoms. The molecule has 15 heavy (non-hydrogen) atoms. The third-order valence-corrected chi connectivity index (χ3v) is 2.65. The van der Waals surface area contributed by atoms with Crippen molar-refractivity contribution in [3.63, 3.8) is 0 Å². The molecule has 0 aliphatic heterocycles.